The molecule has 0 aliphatic heterocycles. The third-order valence-electron chi connectivity index (χ3n) is 1.56. The standard InChI is InChI=1S/C11H13NOS/c1-2-8-14-9-7-13-11-5-3-10(12)4-6-11/h1,3-6H,7-9,12H2. The Hall–Kier alpha value is -1.27. The SMILES string of the molecule is C#CCSCCOc1ccc(N)cc1. The molecule has 1 rings (SSSR count). The van der Waals surface area contributed by atoms with Crippen molar-refractivity contribution >= 4 is 17.4 Å². The van der Waals surface area contributed by atoms with Crippen molar-refractivity contribution in [3.05, 3.63) is 24.3 Å². The van der Waals surface area contributed by atoms with E-state index in [9.17, 15) is 0 Å². The molecular weight excluding hydrogens is 194 g/mol. The van der Waals surface area contributed by atoms with E-state index in [2.05, 4.69) is 5.92 Å². The molecule has 0 aliphatic carbocycles. The summed E-state index contributed by atoms with van der Waals surface area (Å²) in [5.41, 5.74) is 6.29. The van der Waals surface area contributed by atoms with Crippen molar-refractivity contribution < 1.29 is 4.74 Å². The summed E-state index contributed by atoms with van der Waals surface area (Å²) in [6.07, 6.45) is 5.11. The monoisotopic (exact) mass is 207 g/mol. The molecule has 2 nitrogen and oxygen atoms in total. The first kappa shape index (κ1) is 10.8. The number of nitrogens with two attached hydrogens (primary N) is 1. The third kappa shape index (κ3) is 4.11. The van der Waals surface area contributed by atoms with E-state index in [1.807, 2.05) is 24.3 Å². The van der Waals surface area contributed by atoms with E-state index in [1.165, 1.54) is 0 Å². The van der Waals surface area contributed by atoms with Crippen LogP contribution in [0.5, 0.6) is 5.75 Å². The van der Waals surface area contributed by atoms with Crippen LogP contribution in [0, 0.1) is 12.3 Å². The minimum Gasteiger partial charge on any atom is -0.493 e. The Morgan fingerprint density at radius 3 is 2.71 bits per heavy atom. The lowest BCUT2D eigenvalue weighted by Gasteiger charge is -2.04. The Kier molecular flexibility index (Phi) is 4.81. The van der Waals surface area contributed by atoms with Crippen LogP contribution >= 0.6 is 11.8 Å². The highest BCUT2D eigenvalue weighted by Gasteiger charge is 1.92. The zero-order valence-electron chi connectivity index (χ0n) is 7.90. The number of anilines is 1. The number of ether oxygens (including phenoxy) is 1. The van der Waals surface area contributed by atoms with Crippen molar-refractivity contribution in [2.45, 2.75) is 0 Å². The molecule has 0 atom stereocenters. The highest BCUT2D eigenvalue weighted by molar-refractivity contribution is 7.99. The molecule has 0 amide bonds. The second-order valence-corrected chi connectivity index (χ2v) is 3.78. The predicted molar refractivity (Wildman–Crippen MR) is 62.5 cm³/mol. The maximum absolute atomic E-state index is 5.54. The van der Waals surface area contributed by atoms with Gasteiger partial charge in [0.25, 0.3) is 0 Å². The molecule has 1 aromatic rings. The normalized spacial score (nSPS) is 9.36. The van der Waals surface area contributed by atoms with Crippen LogP contribution < -0.4 is 10.5 Å². The number of nitrogen functional groups attached to an aromatic ring is 1. The largest absolute Gasteiger partial charge is 0.493 e. The highest BCUT2D eigenvalue weighted by Crippen LogP contribution is 2.13. The summed E-state index contributed by atoms with van der Waals surface area (Å²) in [6, 6.07) is 7.37. The Bertz CT molecular complexity index is 302. The second-order valence-electron chi connectivity index (χ2n) is 2.67. The molecule has 74 valence electrons. The number of hydrogen-bond acceptors (Lipinski definition) is 3. The smallest absolute Gasteiger partial charge is 0.119 e. The topological polar surface area (TPSA) is 35.2 Å². The quantitative estimate of drug-likeness (QED) is 0.456. The van der Waals surface area contributed by atoms with Crippen LogP contribution in [0.4, 0.5) is 5.69 Å². The fraction of sp³-hybridized carbons (Fsp3) is 0.273. The first-order valence-corrected chi connectivity index (χ1v) is 5.48. The maximum Gasteiger partial charge on any atom is 0.119 e. The van der Waals surface area contributed by atoms with E-state index in [-0.39, 0.29) is 0 Å². The lowest BCUT2D eigenvalue weighted by molar-refractivity contribution is 0.344. The second kappa shape index (κ2) is 6.22. The molecule has 1 aromatic carbocycles. The Labute approximate surface area is 88.8 Å². The highest BCUT2D eigenvalue weighted by atomic mass is 32.2. The Balaban J connectivity index is 2.19. The fourth-order valence-corrected chi connectivity index (χ4v) is 1.38. The average Bonchev–Trinajstić information content (AvgIpc) is 2.21. The van der Waals surface area contributed by atoms with Gasteiger partial charge < -0.3 is 10.5 Å². The molecule has 0 bridgehead atoms. The van der Waals surface area contributed by atoms with Crippen molar-refractivity contribution in [1.29, 1.82) is 0 Å². The van der Waals surface area contributed by atoms with Gasteiger partial charge in [-0.1, -0.05) is 5.92 Å². The van der Waals surface area contributed by atoms with Crippen molar-refractivity contribution in [1.82, 2.24) is 0 Å². The predicted octanol–water partition coefficient (Wildman–Crippen LogP) is 2.01. The summed E-state index contributed by atoms with van der Waals surface area (Å²) in [5, 5.41) is 0. The minimum atomic E-state index is 0.677. The summed E-state index contributed by atoms with van der Waals surface area (Å²) < 4.78 is 5.46. The van der Waals surface area contributed by atoms with Crippen LogP contribution in [0.1, 0.15) is 0 Å². The average molecular weight is 207 g/mol. The van der Waals surface area contributed by atoms with Crippen LogP contribution in [-0.4, -0.2) is 18.1 Å². The van der Waals surface area contributed by atoms with Crippen LogP contribution in [0.3, 0.4) is 0 Å². The van der Waals surface area contributed by atoms with Gasteiger partial charge in [-0.05, 0) is 24.3 Å². The molecule has 0 radical (unpaired) electrons. The number of benzene rings is 1. The molecule has 0 unspecified atom stereocenters. The van der Waals surface area contributed by atoms with Crippen LogP contribution in [0.25, 0.3) is 0 Å². The molecule has 0 heterocycles. The van der Waals surface area contributed by atoms with Gasteiger partial charge >= 0.3 is 0 Å². The van der Waals surface area contributed by atoms with Gasteiger partial charge in [-0.2, -0.15) is 0 Å². The van der Waals surface area contributed by atoms with Gasteiger partial charge in [0, 0.05) is 11.4 Å². The lowest BCUT2D eigenvalue weighted by atomic mass is 10.3. The zero-order chi connectivity index (χ0) is 10.2. The molecular formula is C11H13NOS. The first-order chi connectivity index (χ1) is 6.83. The van der Waals surface area contributed by atoms with Crippen LogP contribution in [0.2, 0.25) is 0 Å². The van der Waals surface area contributed by atoms with Crippen molar-refractivity contribution in [2.24, 2.45) is 0 Å². The van der Waals surface area contributed by atoms with E-state index in [1.54, 1.807) is 11.8 Å². The van der Waals surface area contributed by atoms with E-state index >= 15 is 0 Å². The van der Waals surface area contributed by atoms with Gasteiger partial charge in [0.15, 0.2) is 0 Å². The van der Waals surface area contributed by atoms with Gasteiger partial charge in [-0.25, -0.2) is 0 Å². The molecule has 2 N–H and O–H groups in total. The number of thioether (sulfide) groups is 1. The summed E-state index contributed by atoms with van der Waals surface area (Å²) in [4.78, 5) is 0. The van der Waals surface area contributed by atoms with Gasteiger partial charge in [0.2, 0.25) is 0 Å². The zero-order valence-corrected chi connectivity index (χ0v) is 8.72. The molecule has 0 spiro atoms. The lowest BCUT2D eigenvalue weighted by Crippen LogP contribution is -2.00. The summed E-state index contributed by atoms with van der Waals surface area (Å²) in [7, 11) is 0. The molecule has 3 heteroatoms. The molecule has 0 saturated heterocycles. The molecule has 0 saturated carbocycles. The number of rotatable bonds is 5. The minimum absolute atomic E-state index is 0.677. The summed E-state index contributed by atoms with van der Waals surface area (Å²) >= 11 is 1.69. The molecule has 0 aliphatic rings. The first-order valence-electron chi connectivity index (χ1n) is 4.32. The van der Waals surface area contributed by atoms with Crippen molar-refractivity contribution in [3.63, 3.8) is 0 Å². The molecule has 0 aromatic heterocycles. The third-order valence-corrected chi connectivity index (χ3v) is 2.39. The van der Waals surface area contributed by atoms with Crippen molar-refractivity contribution in [3.8, 4) is 18.1 Å². The van der Waals surface area contributed by atoms with Gasteiger partial charge in [-0.15, -0.1) is 18.2 Å². The number of terminal acetylenes is 1. The van der Waals surface area contributed by atoms with Gasteiger partial charge in [0.1, 0.15) is 5.75 Å². The summed E-state index contributed by atoms with van der Waals surface area (Å²) in [5.74, 6) is 5.06. The van der Waals surface area contributed by atoms with Crippen LogP contribution in [-0.2, 0) is 0 Å². The van der Waals surface area contributed by atoms with E-state index in [0.29, 0.717) is 6.61 Å². The van der Waals surface area contributed by atoms with Gasteiger partial charge in [-0.3, -0.25) is 0 Å². The maximum atomic E-state index is 5.54. The number of hydrogen-bond donors (Lipinski definition) is 1. The van der Waals surface area contributed by atoms with E-state index < -0.39 is 0 Å². The Morgan fingerprint density at radius 1 is 1.36 bits per heavy atom. The summed E-state index contributed by atoms with van der Waals surface area (Å²) in [6.45, 7) is 0.677. The molecule has 0 fully saturated rings. The fourth-order valence-electron chi connectivity index (χ4n) is 0.914. The van der Waals surface area contributed by atoms with Gasteiger partial charge in [0.05, 0.1) is 12.4 Å². The van der Waals surface area contributed by atoms with E-state index in [4.69, 9.17) is 16.9 Å². The van der Waals surface area contributed by atoms with Crippen LogP contribution in [0.15, 0.2) is 24.3 Å². The molecule has 14 heavy (non-hydrogen) atoms. The Morgan fingerprint density at radius 2 is 2.07 bits per heavy atom. The van der Waals surface area contributed by atoms with Crippen molar-refractivity contribution in [2.75, 3.05) is 23.8 Å². The van der Waals surface area contributed by atoms with E-state index in [0.717, 1.165) is 22.9 Å².